The van der Waals surface area contributed by atoms with Gasteiger partial charge in [0.25, 0.3) is 5.91 Å². The van der Waals surface area contributed by atoms with Gasteiger partial charge in [-0.25, -0.2) is 22.9 Å². The van der Waals surface area contributed by atoms with E-state index >= 15 is 0 Å². The van der Waals surface area contributed by atoms with Crippen LogP contribution >= 0.6 is 0 Å². The Balaban J connectivity index is 1.30. The maximum atomic E-state index is 14.0. The Kier molecular flexibility index (Phi) is 8.02. The molecule has 0 unspecified atom stereocenters. The molecule has 3 amide bonds. The number of carbonyl (C=O) groups excluding carboxylic acids is 3. The van der Waals surface area contributed by atoms with E-state index in [0.717, 1.165) is 0 Å². The van der Waals surface area contributed by atoms with Gasteiger partial charge in [-0.2, -0.15) is 18.3 Å². The standard InChI is InChI=1S/C30H35F5N8O4/c1-16-22(41-47-40-16)24(44)39-23(18-4-6-29(31,32)7-5-18)19-14-43-21(37-19)10-17(13-36-43)11-28(12-20(30(33,34)35)38-25(28)45)15-42-9-8-27(2,3)26(42)46/h10,13-14,18,20,23H,4-9,11-12,15H2,1-3H3,(H,38,45)(H,39,44)/t20-,23-,28-/m0/s1. The number of likely N-dealkylation sites (tertiary alicyclic amines) is 1. The zero-order valence-electron chi connectivity index (χ0n) is 26.0. The fourth-order valence-corrected chi connectivity index (χ4v) is 7.00. The van der Waals surface area contributed by atoms with Crippen molar-refractivity contribution in [3.63, 3.8) is 0 Å². The molecule has 3 aromatic heterocycles. The van der Waals surface area contributed by atoms with Crippen LogP contribution in [0.1, 0.15) is 85.9 Å². The lowest BCUT2D eigenvalue weighted by Crippen LogP contribution is -2.46. The van der Waals surface area contributed by atoms with Gasteiger partial charge in [-0.1, -0.05) is 19.0 Å². The first-order valence-electron chi connectivity index (χ1n) is 15.5. The first-order valence-corrected chi connectivity index (χ1v) is 15.5. The minimum atomic E-state index is -4.67. The topological polar surface area (TPSA) is 148 Å². The molecule has 254 valence electrons. The first-order chi connectivity index (χ1) is 22.0. The summed E-state index contributed by atoms with van der Waals surface area (Å²) in [6.45, 7) is 5.20. The molecule has 12 nitrogen and oxygen atoms in total. The van der Waals surface area contributed by atoms with Gasteiger partial charge in [-0.3, -0.25) is 14.4 Å². The molecule has 3 aliphatic rings. The number of nitrogens with zero attached hydrogens (tertiary/aromatic N) is 6. The third kappa shape index (κ3) is 6.40. The average Bonchev–Trinajstić information content (AvgIpc) is 3.74. The van der Waals surface area contributed by atoms with Crippen LogP contribution < -0.4 is 10.6 Å². The number of alkyl halides is 5. The fourth-order valence-electron chi connectivity index (χ4n) is 7.00. The second kappa shape index (κ2) is 11.5. The highest BCUT2D eigenvalue weighted by molar-refractivity contribution is 5.93. The number of nitrogens with one attached hydrogen (secondary N) is 2. The summed E-state index contributed by atoms with van der Waals surface area (Å²) in [4.78, 5) is 45.5. The van der Waals surface area contributed by atoms with E-state index in [1.807, 2.05) is 0 Å². The van der Waals surface area contributed by atoms with Crippen LogP contribution in [0.15, 0.2) is 23.1 Å². The van der Waals surface area contributed by atoms with E-state index in [1.165, 1.54) is 22.5 Å². The molecule has 1 aliphatic carbocycles. The SMILES string of the molecule is Cc1nonc1C(=O)N[C@H](c1cn2ncc(C[C@@]3(CN4CCC(C)(C)C4=O)C[C@@H](C(F)(F)F)NC3=O)cc2n1)C1CCC(F)(F)CC1. The Morgan fingerprint density at radius 3 is 2.49 bits per heavy atom. The fraction of sp³-hybridized carbons (Fsp3) is 0.633. The molecular weight excluding hydrogens is 631 g/mol. The first kappa shape index (κ1) is 32.7. The van der Waals surface area contributed by atoms with Crippen LogP contribution in [0.5, 0.6) is 0 Å². The number of aryl methyl sites for hydroxylation is 1. The Labute approximate surface area is 265 Å². The molecule has 6 rings (SSSR count). The zero-order valence-corrected chi connectivity index (χ0v) is 26.0. The molecule has 47 heavy (non-hydrogen) atoms. The number of carbonyl (C=O) groups is 3. The Bertz CT molecular complexity index is 1690. The normalized spacial score (nSPS) is 25.4. The number of hydrogen-bond acceptors (Lipinski definition) is 8. The highest BCUT2D eigenvalue weighted by Crippen LogP contribution is 2.44. The van der Waals surface area contributed by atoms with Gasteiger partial charge in [-0.05, 0) is 61.7 Å². The number of hydrogen-bond donors (Lipinski definition) is 2. The van der Waals surface area contributed by atoms with Crippen molar-refractivity contribution in [2.45, 2.75) is 89.9 Å². The number of fused-ring (bicyclic) bond motifs is 1. The third-order valence-electron chi connectivity index (χ3n) is 9.79. The molecule has 5 heterocycles. The number of rotatable bonds is 8. The van der Waals surface area contributed by atoms with Crippen molar-refractivity contribution in [1.82, 2.24) is 40.4 Å². The van der Waals surface area contributed by atoms with Crippen molar-refractivity contribution in [2.75, 3.05) is 13.1 Å². The van der Waals surface area contributed by atoms with Crippen LogP contribution in [0.2, 0.25) is 0 Å². The van der Waals surface area contributed by atoms with Crippen molar-refractivity contribution in [3.8, 4) is 0 Å². The lowest BCUT2D eigenvalue weighted by molar-refractivity contribution is -0.155. The van der Waals surface area contributed by atoms with E-state index < -0.39 is 59.2 Å². The highest BCUT2D eigenvalue weighted by Gasteiger charge is 2.57. The summed E-state index contributed by atoms with van der Waals surface area (Å²) >= 11 is 0. The van der Waals surface area contributed by atoms with Gasteiger partial charge < -0.3 is 15.5 Å². The summed E-state index contributed by atoms with van der Waals surface area (Å²) < 4.78 is 75.5. The molecule has 0 aromatic carbocycles. The lowest BCUT2D eigenvalue weighted by Gasteiger charge is -2.33. The predicted molar refractivity (Wildman–Crippen MR) is 153 cm³/mol. The molecule has 3 atom stereocenters. The Hall–Kier alpha value is -4.18. The van der Waals surface area contributed by atoms with E-state index in [2.05, 4.69) is 35.7 Å². The van der Waals surface area contributed by atoms with Crippen LogP contribution in [0.25, 0.3) is 5.65 Å². The summed E-state index contributed by atoms with van der Waals surface area (Å²) in [7, 11) is 0. The highest BCUT2D eigenvalue weighted by atomic mass is 19.4. The molecule has 1 saturated carbocycles. The molecule has 17 heteroatoms. The van der Waals surface area contributed by atoms with Gasteiger partial charge in [-0.15, -0.1) is 0 Å². The van der Waals surface area contributed by atoms with Crippen molar-refractivity contribution in [3.05, 3.63) is 41.1 Å². The van der Waals surface area contributed by atoms with Crippen LogP contribution in [0.3, 0.4) is 0 Å². The Morgan fingerprint density at radius 2 is 1.89 bits per heavy atom. The quantitative estimate of drug-likeness (QED) is 0.344. The second-order valence-electron chi connectivity index (χ2n) is 13.8. The van der Waals surface area contributed by atoms with Crippen molar-refractivity contribution < 1.29 is 41.0 Å². The molecule has 3 aromatic rings. The van der Waals surface area contributed by atoms with Gasteiger partial charge in [0, 0.05) is 31.3 Å². The maximum Gasteiger partial charge on any atom is 0.408 e. The van der Waals surface area contributed by atoms with Gasteiger partial charge >= 0.3 is 6.18 Å². The monoisotopic (exact) mass is 666 g/mol. The summed E-state index contributed by atoms with van der Waals surface area (Å²) in [6, 6.07) is -1.28. The molecule has 2 N–H and O–H groups in total. The molecule has 0 radical (unpaired) electrons. The van der Waals surface area contributed by atoms with E-state index in [4.69, 9.17) is 0 Å². The lowest BCUT2D eigenvalue weighted by atomic mass is 9.78. The van der Waals surface area contributed by atoms with Crippen molar-refractivity contribution in [2.24, 2.45) is 16.7 Å². The van der Waals surface area contributed by atoms with Crippen molar-refractivity contribution >= 4 is 23.4 Å². The number of aromatic nitrogens is 5. The summed E-state index contributed by atoms with van der Waals surface area (Å²) in [5, 5.41) is 16.6. The Morgan fingerprint density at radius 1 is 1.17 bits per heavy atom. The number of amides is 3. The van der Waals surface area contributed by atoms with E-state index in [1.54, 1.807) is 26.1 Å². The van der Waals surface area contributed by atoms with Crippen LogP contribution in [0, 0.1) is 23.7 Å². The van der Waals surface area contributed by atoms with Gasteiger partial charge in [0.2, 0.25) is 17.7 Å². The third-order valence-corrected chi connectivity index (χ3v) is 9.79. The molecular formula is C30H35F5N8O4. The number of imidazole rings is 1. The van der Waals surface area contributed by atoms with Gasteiger partial charge in [0.15, 0.2) is 11.3 Å². The maximum absolute atomic E-state index is 14.0. The van der Waals surface area contributed by atoms with E-state index in [-0.39, 0.29) is 61.6 Å². The molecule has 2 saturated heterocycles. The summed E-state index contributed by atoms with van der Waals surface area (Å²) in [6.07, 6.45) is -2.37. The molecule has 3 fully saturated rings. The van der Waals surface area contributed by atoms with E-state index in [9.17, 15) is 36.3 Å². The van der Waals surface area contributed by atoms with Crippen LogP contribution in [-0.2, 0) is 16.0 Å². The van der Waals surface area contributed by atoms with Gasteiger partial charge in [0.1, 0.15) is 11.7 Å². The van der Waals surface area contributed by atoms with Crippen molar-refractivity contribution in [1.29, 1.82) is 0 Å². The minimum Gasteiger partial charge on any atom is -0.344 e. The molecule has 0 bridgehead atoms. The van der Waals surface area contributed by atoms with E-state index in [0.29, 0.717) is 24.2 Å². The number of halogens is 5. The predicted octanol–water partition coefficient (Wildman–Crippen LogP) is 3.96. The zero-order chi connectivity index (χ0) is 33.9. The second-order valence-corrected chi connectivity index (χ2v) is 13.8. The smallest absolute Gasteiger partial charge is 0.344 e. The summed E-state index contributed by atoms with van der Waals surface area (Å²) in [5.41, 5.74) is -1.04. The average molecular weight is 667 g/mol. The van der Waals surface area contributed by atoms with Crippen LogP contribution in [-0.4, -0.2) is 78.8 Å². The summed E-state index contributed by atoms with van der Waals surface area (Å²) in [5.74, 6) is -4.84. The molecule has 0 spiro atoms. The van der Waals surface area contributed by atoms with Gasteiger partial charge in [0.05, 0.1) is 29.5 Å². The van der Waals surface area contributed by atoms with Crippen LogP contribution in [0.4, 0.5) is 22.0 Å². The molecule has 2 aliphatic heterocycles. The largest absolute Gasteiger partial charge is 0.408 e. The minimum absolute atomic E-state index is 0.0579.